The van der Waals surface area contributed by atoms with Crippen LogP contribution in [0.1, 0.15) is 92.7 Å². The first kappa shape index (κ1) is 20.0. The summed E-state index contributed by atoms with van der Waals surface area (Å²) >= 11 is 0. The first-order valence-corrected chi connectivity index (χ1v) is 11.5. The van der Waals surface area contributed by atoms with Crippen molar-refractivity contribution in [1.82, 2.24) is 25.2 Å². The van der Waals surface area contributed by atoms with Crippen LogP contribution in [0.2, 0.25) is 0 Å². The number of nitrogens with one attached hydrogen (secondary N) is 2. The monoisotopic (exact) mass is 422 g/mol. The number of likely N-dealkylation sites (tertiary alicyclic amines) is 1. The van der Waals surface area contributed by atoms with E-state index in [1.54, 1.807) is 0 Å². The van der Waals surface area contributed by atoms with Crippen LogP contribution in [0.25, 0.3) is 11.0 Å². The second kappa shape index (κ2) is 8.32. The molecule has 1 saturated heterocycles. The number of rotatable bonds is 5. The number of aromatic amines is 1. The predicted molar refractivity (Wildman–Crippen MR) is 118 cm³/mol. The number of hydrogen-bond donors (Lipinski definition) is 2. The fraction of sp³-hybridized carbons (Fsp3) is 0.565. The molecule has 8 heteroatoms. The van der Waals surface area contributed by atoms with Gasteiger partial charge in [0, 0.05) is 24.6 Å². The zero-order chi connectivity index (χ0) is 21.4. The fourth-order valence-electron chi connectivity index (χ4n) is 4.93. The Hall–Kier alpha value is -2.90. The molecule has 8 nitrogen and oxygen atoms in total. The molecule has 0 aromatic carbocycles. The van der Waals surface area contributed by atoms with Gasteiger partial charge >= 0.3 is 0 Å². The molecule has 2 N–H and O–H groups in total. The Kier molecular flexibility index (Phi) is 5.38. The summed E-state index contributed by atoms with van der Waals surface area (Å²) in [7, 11) is 0. The third kappa shape index (κ3) is 3.91. The summed E-state index contributed by atoms with van der Waals surface area (Å²) in [5, 5.41) is 15.9. The SMILES string of the molecule is CC(C)Nc1n[nH]c2nc([C@@H]3CCCN3C(=O)c3cc(C4CCCCC4)no3)ccc12. The highest BCUT2D eigenvalue weighted by molar-refractivity contribution is 5.92. The van der Waals surface area contributed by atoms with Crippen molar-refractivity contribution in [2.24, 2.45) is 0 Å². The summed E-state index contributed by atoms with van der Waals surface area (Å²) < 4.78 is 5.50. The number of anilines is 1. The summed E-state index contributed by atoms with van der Waals surface area (Å²) in [5.74, 6) is 1.48. The van der Waals surface area contributed by atoms with Crippen molar-refractivity contribution in [3.8, 4) is 0 Å². The zero-order valence-electron chi connectivity index (χ0n) is 18.2. The van der Waals surface area contributed by atoms with E-state index >= 15 is 0 Å². The van der Waals surface area contributed by atoms with Gasteiger partial charge in [0.05, 0.1) is 22.8 Å². The number of pyridine rings is 1. The maximum atomic E-state index is 13.3. The molecular weight excluding hydrogens is 392 g/mol. The van der Waals surface area contributed by atoms with Crippen molar-refractivity contribution in [3.05, 3.63) is 35.3 Å². The van der Waals surface area contributed by atoms with Gasteiger partial charge < -0.3 is 14.7 Å². The largest absolute Gasteiger partial charge is 0.366 e. The average Bonchev–Trinajstić information content (AvgIpc) is 3.53. The summed E-state index contributed by atoms with van der Waals surface area (Å²) in [6.07, 6.45) is 7.85. The first-order chi connectivity index (χ1) is 15.1. The Morgan fingerprint density at radius 2 is 2.00 bits per heavy atom. The van der Waals surface area contributed by atoms with Gasteiger partial charge in [-0.05, 0) is 51.7 Å². The van der Waals surface area contributed by atoms with Crippen LogP contribution in [0.3, 0.4) is 0 Å². The molecule has 1 saturated carbocycles. The van der Waals surface area contributed by atoms with Crippen LogP contribution in [0.4, 0.5) is 5.82 Å². The Morgan fingerprint density at radius 1 is 1.16 bits per heavy atom. The summed E-state index contributed by atoms with van der Waals surface area (Å²) in [6.45, 7) is 4.85. The van der Waals surface area contributed by atoms with Gasteiger partial charge in [0.1, 0.15) is 0 Å². The first-order valence-electron chi connectivity index (χ1n) is 11.5. The summed E-state index contributed by atoms with van der Waals surface area (Å²) in [6, 6.07) is 6.12. The van der Waals surface area contributed by atoms with E-state index in [1.165, 1.54) is 19.3 Å². The number of carbonyl (C=O) groups is 1. The van der Waals surface area contributed by atoms with E-state index < -0.39 is 0 Å². The van der Waals surface area contributed by atoms with Gasteiger partial charge in [-0.15, -0.1) is 0 Å². The van der Waals surface area contributed by atoms with Gasteiger partial charge in [-0.2, -0.15) is 5.10 Å². The molecule has 2 aliphatic rings. The molecule has 0 spiro atoms. The molecule has 1 atom stereocenters. The highest BCUT2D eigenvalue weighted by Crippen LogP contribution is 2.35. The molecule has 5 rings (SSSR count). The van der Waals surface area contributed by atoms with Gasteiger partial charge in [0.25, 0.3) is 5.91 Å². The van der Waals surface area contributed by atoms with Crippen molar-refractivity contribution in [3.63, 3.8) is 0 Å². The predicted octanol–water partition coefficient (Wildman–Crippen LogP) is 4.79. The number of nitrogens with zero attached hydrogens (tertiary/aromatic N) is 4. The molecule has 4 heterocycles. The second-order valence-corrected chi connectivity index (χ2v) is 9.11. The minimum Gasteiger partial charge on any atom is -0.366 e. The van der Waals surface area contributed by atoms with Crippen LogP contribution < -0.4 is 5.32 Å². The van der Waals surface area contributed by atoms with Gasteiger partial charge in [-0.25, -0.2) is 4.98 Å². The van der Waals surface area contributed by atoms with Gasteiger partial charge in [-0.1, -0.05) is 24.4 Å². The quantitative estimate of drug-likeness (QED) is 0.613. The van der Waals surface area contributed by atoms with Gasteiger partial charge in [-0.3, -0.25) is 9.89 Å². The smallest absolute Gasteiger partial charge is 0.293 e. The number of amides is 1. The zero-order valence-corrected chi connectivity index (χ0v) is 18.2. The van der Waals surface area contributed by atoms with E-state index in [4.69, 9.17) is 9.51 Å². The highest BCUT2D eigenvalue weighted by Gasteiger charge is 2.34. The minimum atomic E-state index is -0.0919. The van der Waals surface area contributed by atoms with E-state index in [2.05, 4.69) is 34.5 Å². The fourth-order valence-corrected chi connectivity index (χ4v) is 4.93. The number of fused-ring (bicyclic) bond motifs is 1. The Labute approximate surface area is 181 Å². The van der Waals surface area contributed by atoms with Gasteiger partial charge in [0.15, 0.2) is 11.5 Å². The van der Waals surface area contributed by atoms with Crippen LogP contribution in [0.5, 0.6) is 0 Å². The maximum absolute atomic E-state index is 13.3. The Bertz CT molecular complexity index is 1070. The molecule has 0 bridgehead atoms. The molecule has 3 aromatic heterocycles. The molecule has 31 heavy (non-hydrogen) atoms. The standard InChI is InChI=1S/C23H30N6O2/c1-14(2)24-21-16-10-11-17(25-22(16)27-26-21)19-9-6-12-29(19)23(30)20-13-18(28-31-20)15-7-4-3-5-8-15/h10-11,13-15,19H,3-9,12H2,1-2H3,(H2,24,25,26,27)/t19-/m0/s1. The lowest BCUT2D eigenvalue weighted by Gasteiger charge is -2.23. The van der Waals surface area contributed by atoms with E-state index in [-0.39, 0.29) is 18.0 Å². The molecular formula is C23H30N6O2. The van der Waals surface area contributed by atoms with Crippen LogP contribution in [0, 0.1) is 0 Å². The number of H-pyrrole nitrogens is 1. The molecule has 0 unspecified atom stereocenters. The summed E-state index contributed by atoms with van der Waals surface area (Å²) in [5.41, 5.74) is 2.55. The van der Waals surface area contributed by atoms with Crippen LogP contribution in [0.15, 0.2) is 22.7 Å². The van der Waals surface area contributed by atoms with Crippen LogP contribution >= 0.6 is 0 Å². The van der Waals surface area contributed by atoms with E-state index in [1.807, 2.05) is 23.1 Å². The normalized spacial score (nSPS) is 20.1. The van der Waals surface area contributed by atoms with Gasteiger partial charge in [0.2, 0.25) is 5.76 Å². The maximum Gasteiger partial charge on any atom is 0.293 e. The molecule has 1 amide bonds. The topological polar surface area (TPSA) is 99.9 Å². The number of aromatic nitrogens is 4. The second-order valence-electron chi connectivity index (χ2n) is 9.11. The van der Waals surface area contributed by atoms with E-state index in [0.717, 1.165) is 53.9 Å². The number of carbonyl (C=O) groups excluding carboxylic acids is 1. The Morgan fingerprint density at radius 3 is 2.81 bits per heavy atom. The van der Waals surface area contributed by atoms with Crippen molar-refractivity contribution in [2.75, 3.05) is 11.9 Å². The molecule has 164 valence electrons. The van der Waals surface area contributed by atoms with Crippen molar-refractivity contribution in [2.45, 2.75) is 76.8 Å². The highest BCUT2D eigenvalue weighted by atomic mass is 16.5. The van der Waals surface area contributed by atoms with Crippen molar-refractivity contribution in [1.29, 1.82) is 0 Å². The van der Waals surface area contributed by atoms with E-state index in [9.17, 15) is 4.79 Å². The third-order valence-electron chi connectivity index (χ3n) is 6.49. The Balaban J connectivity index is 1.36. The average molecular weight is 423 g/mol. The lowest BCUT2D eigenvalue weighted by Crippen LogP contribution is -2.30. The molecule has 0 radical (unpaired) electrons. The van der Waals surface area contributed by atoms with E-state index in [0.29, 0.717) is 18.2 Å². The lowest BCUT2D eigenvalue weighted by molar-refractivity contribution is 0.0690. The minimum absolute atomic E-state index is 0.0649. The molecule has 3 aromatic rings. The van der Waals surface area contributed by atoms with Crippen LogP contribution in [-0.2, 0) is 0 Å². The van der Waals surface area contributed by atoms with Crippen LogP contribution in [-0.4, -0.2) is 43.7 Å². The molecule has 1 aliphatic carbocycles. The molecule has 2 fully saturated rings. The third-order valence-corrected chi connectivity index (χ3v) is 6.49. The van der Waals surface area contributed by atoms with Crippen molar-refractivity contribution < 1.29 is 9.32 Å². The number of hydrogen-bond acceptors (Lipinski definition) is 6. The van der Waals surface area contributed by atoms with Crippen molar-refractivity contribution >= 4 is 22.8 Å². The lowest BCUT2D eigenvalue weighted by atomic mass is 9.87. The molecule has 1 aliphatic heterocycles. The summed E-state index contributed by atoms with van der Waals surface area (Å²) in [4.78, 5) is 19.9.